The molecule has 0 N–H and O–H groups in total. The van der Waals surface area contributed by atoms with E-state index >= 15 is 0 Å². The number of allylic oxidation sites excluding steroid dienone is 3. The maximum Gasteiger partial charge on any atom is 0.130 e. The van der Waals surface area contributed by atoms with E-state index in [1.54, 1.807) is 10.8 Å². The predicted octanol–water partition coefficient (Wildman–Crippen LogP) is 3.48. The lowest BCUT2D eigenvalue weighted by Gasteiger charge is -1.99. The van der Waals surface area contributed by atoms with E-state index in [4.69, 9.17) is 9.22 Å². The lowest BCUT2D eigenvalue weighted by atomic mass is 10.2. The zero-order valence-corrected chi connectivity index (χ0v) is 8.40. The molecule has 0 fully saturated rings. The van der Waals surface area contributed by atoms with Crippen molar-refractivity contribution in [3.8, 4) is 0 Å². The van der Waals surface area contributed by atoms with Gasteiger partial charge in [-0.15, -0.1) is 4.33 Å². The predicted molar refractivity (Wildman–Crippen MR) is 54.4 cm³/mol. The van der Waals surface area contributed by atoms with Crippen LogP contribution < -0.4 is 0 Å². The fourth-order valence-corrected chi connectivity index (χ4v) is 2.05. The fourth-order valence-electron chi connectivity index (χ4n) is 0.768. The molecule has 68 valence electrons. The highest BCUT2D eigenvalue weighted by Gasteiger charge is 1.92. The quantitative estimate of drug-likeness (QED) is 0.341. The van der Waals surface area contributed by atoms with E-state index in [1.807, 2.05) is 12.2 Å². The molecule has 1 heterocycles. The minimum Gasteiger partial charge on any atom is -0.332 e. The molecule has 0 saturated heterocycles. The molecule has 1 aliphatic rings. The smallest absolute Gasteiger partial charge is 0.130 e. The third-order valence-electron chi connectivity index (χ3n) is 1.34. The average Bonchev–Trinajstić information content (AvgIpc) is 2.05. The first-order valence-electron chi connectivity index (χ1n) is 3.93. The second-order valence-corrected chi connectivity index (χ2v) is 4.34. The van der Waals surface area contributed by atoms with Crippen molar-refractivity contribution in [2.75, 3.05) is 5.75 Å². The summed E-state index contributed by atoms with van der Waals surface area (Å²) < 4.78 is 4.77. The molecule has 0 bridgehead atoms. The Bertz CT molecular complexity index is 139. The first-order chi connectivity index (χ1) is 6.00. The second-order valence-electron chi connectivity index (χ2n) is 2.31. The molecule has 12 heavy (non-hydrogen) atoms. The Morgan fingerprint density at radius 2 is 2.17 bits per heavy atom. The maximum atomic E-state index is 4.77. The van der Waals surface area contributed by atoms with Crippen LogP contribution in [0.5, 0.6) is 0 Å². The van der Waals surface area contributed by atoms with Crippen molar-refractivity contribution in [3.05, 3.63) is 24.5 Å². The lowest BCUT2D eigenvalue weighted by molar-refractivity contribution is -0.127. The van der Waals surface area contributed by atoms with Crippen LogP contribution in [0, 0.1) is 0 Å². The maximum absolute atomic E-state index is 4.77. The Kier molecular flexibility index (Phi) is 6.33. The lowest BCUT2D eigenvalue weighted by Crippen LogP contribution is -1.79. The molecule has 0 amide bonds. The Morgan fingerprint density at radius 1 is 1.17 bits per heavy atom. The summed E-state index contributed by atoms with van der Waals surface area (Å²) in [5, 5.41) is 0. The van der Waals surface area contributed by atoms with Crippen LogP contribution in [0.25, 0.3) is 0 Å². The number of rotatable bonds is 0. The zero-order valence-electron chi connectivity index (χ0n) is 6.77. The van der Waals surface area contributed by atoms with Gasteiger partial charge in [0.15, 0.2) is 0 Å². The van der Waals surface area contributed by atoms with Crippen LogP contribution >= 0.6 is 21.9 Å². The van der Waals surface area contributed by atoms with Crippen LogP contribution in [0.1, 0.15) is 19.3 Å². The van der Waals surface area contributed by atoms with Gasteiger partial charge < -0.3 is 4.89 Å². The number of hydrogen-bond acceptors (Lipinski definition) is 4. The van der Waals surface area contributed by atoms with Gasteiger partial charge in [-0.05, 0) is 25.3 Å². The summed E-state index contributed by atoms with van der Waals surface area (Å²) in [4.78, 5) is 4.72. The van der Waals surface area contributed by atoms with E-state index in [-0.39, 0.29) is 0 Å². The van der Waals surface area contributed by atoms with Crippen molar-refractivity contribution in [2.24, 2.45) is 0 Å². The standard InChI is InChI=1S/C8H12O2S2/c1-2-4-6-8-11-12-10-9-7-5-3-1/h1,3,5,7H,2,4,6,8H2/b3-1+,7-5-. The second kappa shape index (κ2) is 7.58. The van der Waals surface area contributed by atoms with Gasteiger partial charge >= 0.3 is 0 Å². The molecule has 0 saturated carbocycles. The summed E-state index contributed by atoms with van der Waals surface area (Å²) in [5.41, 5.74) is 0. The van der Waals surface area contributed by atoms with Crippen LogP contribution in [0.2, 0.25) is 0 Å². The molecule has 1 rings (SSSR count). The summed E-state index contributed by atoms with van der Waals surface area (Å²) in [7, 11) is 1.68. The van der Waals surface area contributed by atoms with Gasteiger partial charge in [0.2, 0.25) is 0 Å². The van der Waals surface area contributed by atoms with Crippen molar-refractivity contribution < 1.29 is 9.22 Å². The van der Waals surface area contributed by atoms with Crippen LogP contribution in [0.15, 0.2) is 24.5 Å². The van der Waals surface area contributed by atoms with Crippen LogP contribution in [-0.4, -0.2) is 5.75 Å². The van der Waals surface area contributed by atoms with Crippen molar-refractivity contribution in [3.63, 3.8) is 0 Å². The minimum absolute atomic E-state index is 1.12. The van der Waals surface area contributed by atoms with E-state index in [9.17, 15) is 0 Å². The molecule has 0 aliphatic carbocycles. The molecule has 0 aromatic carbocycles. The highest BCUT2D eigenvalue weighted by molar-refractivity contribution is 8.74. The van der Waals surface area contributed by atoms with Crippen molar-refractivity contribution in [1.29, 1.82) is 0 Å². The van der Waals surface area contributed by atoms with E-state index in [1.165, 1.54) is 30.2 Å². The molecule has 4 heteroatoms. The van der Waals surface area contributed by atoms with Gasteiger partial charge in [-0.1, -0.05) is 22.9 Å². The van der Waals surface area contributed by atoms with Gasteiger partial charge in [0.25, 0.3) is 0 Å². The molecule has 0 radical (unpaired) electrons. The Hall–Kier alpha value is -0.0600. The highest BCUT2D eigenvalue weighted by atomic mass is 33.1. The van der Waals surface area contributed by atoms with Crippen LogP contribution in [0.4, 0.5) is 0 Å². The Labute approximate surface area is 80.9 Å². The molecule has 0 aromatic heterocycles. The van der Waals surface area contributed by atoms with Gasteiger partial charge in [-0.25, -0.2) is 0 Å². The first kappa shape index (κ1) is 10.0. The molecule has 0 unspecified atom stereocenters. The summed E-state index contributed by atoms with van der Waals surface area (Å²) in [5.74, 6) is 1.12. The largest absolute Gasteiger partial charge is 0.332 e. The van der Waals surface area contributed by atoms with Crippen molar-refractivity contribution in [2.45, 2.75) is 19.3 Å². The molecule has 2 nitrogen and oxygen atoms in total. The van der Waals surface area contributed by atoms with Gasteiger partial charge in [-0.3, -0.25) is 0 Å². The van der Waals surface area contributed by atoms with Gasteiger partial charge in [-0.2, -0.15) is 0 Å². The average molecular weight is 204 g/mol. The summed E-state index contributed by atoms with van der Waals surface area (Å²) in [6.45, 7) is 0. The number of hydrogen-bond donors (Lipinski definition) is 0. The SMILES string of the molecule is C1=C\OOSSCCCC/C=C/1. The topological polar surface area (TPSA) is 18.5 Å². The Morgan fingerprint density at radius 3 is 3.17 bits per heavy atom. The zero-order chi connectivity index (χ0) is 8.49. The normalized spacial score (nSPS) is 26.0. The molecular formula is C8H12O2S2. The molecule has 0 atom stereocenters. The molecule has 0 spiro atoms. The van der Waals surface area contributed by atoms with Gasteiger partial charge in [0.05, 0.1) is 0 Å². The molecule has 0 aromatic rings. The van der Waals surface area contributed by atoms with E-state index < -0.39 is 0 Å². The third-order valence-corrected chi connectivity index (χ3v) is 2.99. The minimum atomic E-state index is 1.12. The van der Waals surface area contributed by atoms with Crippen molar-refractivity contribution >= 4 is 21.9 Å². The van der Waals surface area contributed by atoms with E-state index in [2.05, 4.69) is 6.08 Å². The monoisotopic (exact) mass is 204 g/mol. The van der Waals surface area contributed by atoms with Crippen LogP contribution in [0.3, 0.4) is 0 Å². The first-order valence-corrected chi connectivity index (χ1v) is 6.18. The molecule has 1 aliphatic heterocycles. The van der Waals surface area contributed by atoms with E-state index in [0.29, 0.717) is 0 Å². The summed E-state index contributed by atoms with van der Waals surface area (Å²) in [6.07, 6.45) is 11.1. The van der Waals surface area contributed by atoms with Crippen molar-refractivity contribution in [1.82, 2.24) is 0 Å². The third kappa shape index (κ3) is 5.57. The Balaban J connectivity index is 2.21. The highest BCUT2D eigenvalue weighted by Crippen LogP contribution is 2.24. The fraction of sp³-hybridized carbons (Fsp3) is 0.500. The van der Waals surface area contributed by atoms with Gasteiger partial charge in [0, 0.05) is 5.75 Å². The van der Waals surface area contributed by atoms with E-state index in [0.717, 1.165) is 12.2 Å². The molecular weight excluding hydrogens is 192 g/mol. The summed E-state index contributed by atoms with van der Waals surface area (Å²) in [6, 6.07) is 0. The van der Waals surface area contributed by atoms with Crippen LogP contribution in [-0.2, 0) is 9.22 Å². The summed E-state index contributed by atoms with van der Waals surface area (Å²) >= 11 is 1.29. The van der Waals surface area contributed by atoms with Gasteiger partial charge in [0.1, 0.15) is 17.3 Å².